The highest BCUT2D eigenvalue weighted by Crippen LogP contribution is 2.33. The number of aliphatic hydroxyl groups is 2. The number of carbonyl (C=O) groups is 1. The summed E-state index contributed by atoms with van der Waals surface area (Å²) in [6.07, 6.45) is -0.395. The Balaban J connectivity index is 2.76. The van der Waals surface area contributed by atoms with Crippen LogP contribution in [0.5, 0.6) is 5.75 Å². The molecule has 1 aromatic rings. The lowest BCUT2D eigenvalue weighted by Crippen LogP contribution is -2.07. The van der Waals surface area contributed by atoms with Crippen LogP contribution in [0.25, 0.3) is 0 Å². The lowest BCUT2D eigenvalue weighted by Gasteiger charge is -2.14. The van der Waals surface area contributed by atoms with Crippen molar-refractivity contribution in [3.63, 3.8) is 0 Å². The third-order valence-corrected chi connectivity index (χ3v) is 2.78. The first-order valence-corrected chi connectivity index (χ1v) is 6.54. The van der Waals surface area contributed by atoms with E-state index in [9.17, 15) is 19.9 Å². The molecule has 1 rings (SSSR count). The molecule has 1 aromatic carbocycles. The van der Waals surface area contributed by atoms with Crippen LogP contribution < -0.4 is 4.74 Å². The molecule has 7 heteroatoms. The second kappa shape index (κ2) is 8.33. The Morgan fingerprint density at radius 2 is 2.10 bits per heavy atom. The van der Waals surface area contributed by atoms with E-state index in [-0.39, 0.29) is 31.5 Å². The molecule has 0 aliphatic carbocycles. The van der Waals surface area contributed by atoms with Gasteiger partial charge in [0.05, 0.1) is 25.9 Å². The van der Waals surface area contributed by atoms with Crippen LogP contribution >= 0.6 is 0 Å². The molecule has 0 fully saturated rings. The van der Waals surface area contributed by atoms with Gasteiger partial charge in [-0.25, -0.2) is 0 Å². The van der Waals surface area contributed by atoms with E-state index in [0.717, 1.165) is 0 Å². The fourth-order valence-corrected chi connectivity index (χ4v) is 1.76. The maximum atomic E-state index is 10.8. The molecule has 7 nitrogen and oxygen atoms in total. The van der Waals surface area contributed by atoms with Gasteiger partial charge >= 0.3 is 5.97 Å². The van der Waals surface area contributed by atoms with Crippen molar-refractivity contribution >= 4 is 11.7 Å². The average Bonchev–Trinajstić information content (AvgIpc) is 2.45. The summed E-state index contributed by atoms with van der Waals surface area (Å²) in [4.78, 5) is 21.4. The zero-order valence-corrected chi connectivity index (χ0v) is 12.0. The number of rotatable bonds is 8. The molecule has 0 aliphatic rings. The van der Waals surface area contributed by atoms with E-state index in [4.69, 9.17) is 9.47 Å². The van der Waals surface area contributed by atoms with Gasteiger partial charge < -0.3 is 19.7 Å². The molecule has 1 unspecified atom stereocenters. The van der Waals surface area contributed by atoms with Crippen molar-refractivity contribution in [1.82, 2.24) is 0 Å². The summed E-state index contributed by atoms with van der Waals surface area (Å²) in [6.45, 7) is 3.02. The molecule has 2 N–H and O–H groups in total. The summed E-state index contributed by atoms with van der Waals surface area (Å²) in [7, 11) is 0. The molecule has 0 amide bonds. The third-order valence-electron chi connectivity index (χ3n) is 2.78. The number of nitroso groups, excluding NO2 is 1. The van der Waals surface area contributed by atoms with E-state index < -0.39 is 6.10 Å². The quantitative estimate of drug-likeness (QED) is 0.431. The molecule has 0 heterocycles. The van der Waals surface area contributed by atoms with Crippen molar-refractivity contribution in [3.05, 3.63) is 28.2 Å². The van der Waals surface area contributed by atoms with Crippen LogP contribution in [0.1, 0.15) is 37.5 Å². The third kappa shape index (κ3) is 5.13. The summed E-state index contributed by atoms with van der Waals surface area (Å²) >= 11 is 0. The number of benzene rings is 1. The maximum absolute atomic E-state index is 10.8. The van der Waals surface area contributed by atoms with E-state index in [2.05, 4.69) is 5.18 Å². The summed E-state index contributed by atoms with van der Waals surface area (Å²) in [5.74, 6) is -0.0425. The number of hydrogen-bond acceptors (Lipinski definition) is 7. The number of nitrogens with zero attached hydrogens (tertiary/aromatic N) is 1. The number of esters is 1. The smallest absolute Gasteiger partial charge is 0.302 e. The zero-order valence-electron chi connectivity index (χ0n) is 12.0. The van der Waals surface area contributed by atoms with Gasteiger partial charge in [-0.1, -0.05) is 0 Å². The minimum Gasteiger partial charge on any atom is -0.493 e. The van der Waals surface area contributed by atoms with Crippen molar-refractivity contribution in [3.8, 4) is 5.75 Å². The Kier molecular flexibility index (Phi) is 6.77. The van der Waals surface area contributed by atoms with Gasteiger partial charge in [0.2, 0.25) is 0 Å². The lowest BCUT2D eigenvalue weighted by atomic mass is 10.0. The molecular formula is C14H19NO6. The molecule has 0 radical (unpaired) electrons. The monoisotopic (exact) mass is 297 g/mol. The van der Waals surface area contributed by atoms with Gasteiger partial charge in [-0.3, -0.25) is 4.79 Å². The molecule has 0 aliphatic heterocycles. The Labute approximate surface area is 122 Å². The predicted octanol–water partition coefficient (Wildman–Crippen LogP) is 1.96. The van der Waals surface area contributed by atoms with Crippen molar-refractivity contribution in [2.45, 2.75) is 33.0 Å². The van der Waals surface area contributed by atoms with E-state index in [1.807, 2.05) is 0 Å². The van der Waals surface area contributed by atoms with E-state index in [0.29, 0.717) is 23.3 Å². The molecule has 0 saturated carbocycles. The first-order chi connectivity index (χ1) is 9.99. The minimum atomic E-state index is -0.874. The van der Waals surface area contributed by atoms with Crippen LogP contribution in [0.2, 0.25) is 0 Å². The van der Waals surface area contributed by atoms with Gasteiger partial charge in [-0.2, -0.15) is 0 Å². The maximum Gasteiger partial charge on any atom is 0.302 e. The second-order valence-electron chi connectivity index (χ2n) is 4.49. The number of ether oxygens (including phenoxy) is 2. The van der Waals surface area contributed by atoms with Crippen molar-refractivity contribution < 1.29 is 24.5 Å². The summed E-state index contributed by atoms with van der Waals surface area (Å²) < 4.78 is 10.2. The van der Waals surface area contributed by atoms with Crippen molar-refractivity contribution in [2.75, 3.05) is 13.2 Å². The highest BCUT2D eigenvalue weighted by Gasteiger charge is 2.14. The first-order valence-electron chi connectivity index (χ1n) is 6.54. The van der Waals surface area contributed by atoms with E-state index >= 15 is 0 Å². The summed E-state index contributed by atoms with van der Waals surface area (Å²) in [5, 5.41) is 21.8. The van der Waals surface area contributed by atoms with Crippen LogP contribution in [-0.4, -0.2) is 29.4 Å². The van der Waals surface area contributed by atoms with Gasteiger partial charge in [0.1, 0.15) is 11.4 Å². The van der Waals surface area contributed by atoms with Gasteiger partial charge in [0.15, 0.2) is 0 Å². The fourth-order valence-electron chi connectivity index (χ4n) is 1.76. The SMILES string of the molecule is CC(=O)OCCCOc1cc(N=O)c(C(C)O)cc1CO. The molecule has 0 aromatic heterocycles. The largest absolute Gasteiger partial charge is 0.493 e. The van der Waals surface area contributed by atoms with E-state index in [1.165, 1.54) is 26.0 Å². The number of aliphatic hydroxyl groups excluding tert-OH is 2. The lowest BCUT2D eigenvalue weighted by molar-refractivity contribution is -0.141. The molecule has 1 atom stereocenters. The summed E-state index contributed by atoms with van der Waals surface area (Å²) in [6, 6.07) is 2.87. The topological polar surface area (TPSA) is 105 Å². The predicted molar refractivity (Wildman–Crippen MR) is 75.2 cm³/mol. The molecular weight excluding hydrogens is 278 g/mol. The van der Waals surface area contributed by atoms with Crippen molar-refractivity contribution in [2.24, 2.45) is 5.18 Å². The average molecular weight is 297 g/mol. The van der Waals surface area contributed by atoms with Crippen molar-refractivity contribution in [1.29, 1.82) is 0 Å². The van der Waals surface area contributed by atoms with Crippen LogP contribution in [0.4, 0.5) is 5.69 Å². The van der Waals surface area contributed by atoms with Crippen LogP contribution in [0.3, 0.4) is 0 Å². The van der Waals surface area contributed by atoms with E-state index in [1.54, 1.807) is 0 Å². The van der Waals surface area contributed by atoms with Gasteiger partial charge in [-0.05, 0) is 18.2 Å². The Morgan fingerprint density at radius 1 is 1.38 bits per heavy atom. The normalized spacial score (nSPS) is 11.8. The van der Waals surface area contributed by atoms with Crippen LogP contribution in [-0.2, 0) is 16.1 Å². The molecule has 0 spiro atoms. The standard InChI is InChI=1S/C14H19NO6/c1-9(17)12-6-11(8-16)14(7-13(12)15-19)21-5-3-4-20-10(2)18/h6-7,9,16-17H,3-5,8H2,1-2H3. The van der Waals surface area contributed by atoms with Crippen LogP contribution in [0.15, 0.2) is 17.3 Å². The minimum absolute atomic E-state index is 0.0668. The van der Waals surface area contributed by atoms with Gasteiger partial charge in [0, 0.05) is 30.5 Å². The molecule has 21 heavy (non-hydrogen) atoms. The number of hydrogen-bond donors (Lipinski definition) is 2. The molecule has 0 saturated heterocycles. The Hall–Kier alpha value is -1.99. The highest BCUT2D eigenvalue weighted by atomic mass is 16.5. The fraction of sp³-hybridized carbons (Fsp3) is 0.500. The number of carbonyl (C=O) groups excluding carboxylic acids is 1. The Bertz CT molecular complexity index is 500. The highest BCUT2D eigenvalue weighted by molar-refractivity contribution is 5.65. The molecule has 116 valence electrons. The Morgan fingerprint density at radius 3 is 2.62 bits per heavy atom. The van der Waals surface area contributed by atoms with Crippen LogP contribution in [0, 0.1) is 4.91 Å². The van der Waals surface area contributed by atoms with Gasteiger partial charge in [0.25, 0.3) is 0 Å². The first kappa shape index (κ1) is 17.1. The zero-order chi connectivity index (χ0) is 15.8. The van der Waals surface area contributed by atoms with Gasteiger partial charge in [-0.15, -0.1) is 4.91 Å². The second-order valence-corrected chi connectivity index (χ2v) is 4.49. The summed E-state index contributed by atoms with van der Waals surface area (Å²) in [5.41, 5.74) is 0.851. The molecule has 0 bridgehead atoms.